The molecule has 1 aromatic carbocycles. The van der Waals surface area contributed by atoms with Crippen molar-refractivity contribution in [1.82, 2.24) is 10.7 Å². The summed E-state index contributed by atoms with van der Waals surface area (Å²) in [6, 6.07) is 5.63. The molecule has 2 aliphatic heterocycles. The van der Waals surface area contributed by atoms with Crippen LogP contribution in [0.2, 0.25) is 0 Å². The summed E-state index contributed by atoms with van der Waals surface area (Å²) in [5.74, 6) is 1.49. The van der Waals surface area contributed by atoms with Crippen molar-refractivity contribution in [3.63, 3.8) is 0 Å². The van der Waals surface area contributed by atoms with Crippen LogP contribution in [0.25, 0.3) is 0 Å². The highest BCUT2D eigenvalue weighted by Gasteiger charge is 2.15. The summed E-state index contributed by atoms with van der Waals surface area (Å²) >= 11 is 5.15. The minimum absolute atomic E-state index is 0.252. The number of thiocarbonyl (C=S) groups is 1. The standard InChI is InChI=1S/C14H17N3O3S/c21-14(15-8-11-2-1-5-18-11)17-16-7-10-3-4-12-13(6-10)20-9-19-12/h3-4,6-7,11H,1-2,5,8-9H2,(H2,15,17,21). The molecular formula is C14H17N3O3S. The van der Waals surface area contributed by atoms with Gasteiger partial charge in [0.25, 0.3) is 0 Å². The molecule has 0 saturated carbocycles. The number of nitrogens with one attached hydrogen (secondary N) is 2. The quantitative estimate of drug-likeness (QED) is 0.498. The normalized spacial score (nSPS) is 19.9. The number of hydrogen-bond acceptors (Lipinski definition) is 5. The Morgan fingerprint density at radius 3 is 3.14 bits per heavy atom. The molecule has 0 radical (unpaired) electrons. The van der Waals surface area contributed by atoms with Gasteiger partial charge in [-0.15, -0.1) is 0 Å². The Balaban J connectivity index is 1.44. The van der Waals surface area contributed by atoms with Gasteiger partial charge in [-0.3, -0.25) is 5.43 Å². The second-order valence-electron chi connectivity index (χ2n) is 4.83. The van der Waals surface area contributed by atoms with Gasteiger partial charge in [0.15, 0.2) is 16.6 Å². The predicted octanol–water partition coefficient (Wildman–Crippen LogP) is 1.39. The average Bonchev–Trinajstić information content (AvgIpc) is 3.16. The molecule has 7 heteroatoms. The van der Waals surface area contributed by atoms with E-state index in [4.69, 9.17) is 26.4 Å². The predicted molar refractivity (Wildman–Crippen MR) is 82.9 cm³/mol. The third-order valence-corrected chi connectivity index (χ3v) is 3.53. The highest BCUT2D eigenvalue weighted by atomic mass is 32.1. The first kappa shape index (κ1) is 14.1. The van der Waals surface area contributed by atoms with E-state index in [2.05, 4.69) is 15.8 Å². The van der Waals surface area contributed by atoms with Crippen LogP contribution < -0.4 is 20.2 Å². The molecule has 1 atom stereocenters. The van der Waals surface area contributed by atoms with Crippen molar-refractivity contribution >= 4 is 23.5 Å². The highest BCUT2D eigenvalue weighted by molar-refractivity contribution is 7.80. The molecule has 0 amide bonds. The SMILES string of the molecule is S=C(NCC1CCCO1)NN=Cc1ccc2c(c1)OCO2. The average molecular weight is 307 g/mol. The zero-order valence-electron chi connectivity index (χ0n) is 11.5. The topological polar surface area (TPSA) is 64.1 Å². The summed E-state index contributed by atoms with van der Waals surface area (Å²) in [6.45, 7) is 1.83. The van der Waals surface area contributed by atoms with Crippen molar-refractivity contribution in [1.29, 1.82) is 0 Å². The highest BCUT2D eigenvalue weighted by Crippen LogP contribution is 2.31. The van der Waals surface area contributed by atoms with Crippen LogP contribution in [0.5, 0.6) is 11.5 Å². The molecule has 112 valence electrons. The van der Waals surface area contributed by atoms with Crippen LogP contribution in [-0.4, -0.2) is 37.4 Å². The van der Waals surface area contributed by atoms with Crippen LogP contribution in [0.4, 0.5) is 0 Å². The minimum atomic E-state index is 0.252. The molecular weight excluding hydrogens is 290 g/mol. The van der Waals surface area contributed by atoms with Gasteiger partial charge in [-0.05, 0) is 48.8 Å². The van der Waals surface area contributed by atoms with Gasteiger partial charge in [-0.25, -0.2) is 0 Å². The maximum Gasteiger partial charge on any atom is 0.231 e. The molecule has 0 spiro atoms. The Hall–Kier alpha value is -1.86. The van der Waals surface area contributed by atoms with Crippen LogP contribution in [-0.2, 0) is 4.74 Å². The number of benzene rings is 1. The fraction of sp³-hybridized carbons (Fsp3) is 0.429. The number of hydrogen-bond donors (Lipinski definition) is 2. The largest absolute Gasteiger partial charge is 0.454 e. The van der Waals surface area contributed by atoms with Crippen molar-refractivity contribution in [2.45, 2.75) is 18.9 Å². The maximum absolute atomic E-state index is 5.51. The zero-order valence-corrected chi connectivity index (χ0v) is 12.3. The number of hydrazone groups is 1. The Morgan fingerprint density at radius 1 is 1.38 bits per heavy atom. The lowest BCUT2D eigenvalue weighted by atomic mass is 10.2. The van der Waals surface area contributed by atoms with Crippen molar-refractivity contribution in [3.05, 3.63) is 23.8 Å². The molecule has 1 unspecified atom stereocenters. The molecule has 1 aromatic rings. The van der Waals surface area contributed by atoms with E-state index in [1.54, 1.807) is 6.21 Å². The lowest BCUT2D eigenvalue weighted by Crippen LogP contribution is -2.37. The second kappa shape index (κ2) is 6.73. The summed E-state index contributed by atoms with van der Waals surface area (Å²) in [5, 5.41) is 7.67. The first-order valence-corrected chi connectivity index (χ1v) is 7.30. The van der Waals surface area contributed by atoms with Gasteiger partial charge >= 0.3 is 0 Å². The van der Waals surface area contributed by atoms with E-state index in [0.29, 0.717) is 11.7 Å². The molecule has 1 fully saturated rings. The molecule has 21 heavy (non-hydrogen) atoms. The Labute approximate surface area is 128 Å². The van der Waals surface area contributed by atoms with Gasteiger partial charge in [0, 0.05) is 13.2 Å². The van der Waals surface area contributed by atoms with Gasteiger partial charge in [0.2, 0.25) is 6.79 Å². The molecule has 2 N–H and O–H groups in total. The fourth-order valence-corrected chi connectivity index (χ4v) is 2.35. The van der Waals surface area contributed by atoms with Crippen molar-refractivity contribution in [3.8, 4) is 11.5 Å². The summed E-state index contributed by atoms with van der Waals surface area (Å²) in [5.41, 5.74) is 3.70. The summed E-state index contributed by atoms with van der Waals surface area (Å²) in [7, 11) is 0. The molecule has 3 rings (SSSR count). The first-order valence-electron chi connectivity index (χ1n) is 6.89. The van der Waals surface area contributed by atoms with Gasteiger partial charge in [-0.2, -0.15) is 5.10 Å². The van der Waals surface area contributed by atoms with Crippen LogP contribution in [0, 0.1) is 0 Å². The van der Waals surface area contributed by atoms with Crippen LogP contribution in [0.15, 0.2) is 23.3 Å². The molecule has 6 nitrogen and oxygen atoms in total. The van der Waals surface area contributed by atoms with E-state index >= 15 is 0 Å². The Morgan fingerprint density at radius 2 is 2.29 bits per heavy atom. The molecule has 1 saturated heterocycles. The van der Waals surface area contributed by atoms with Gasteiger partial charge < -0.3 is 19.5 Å². The lowest BCUT2D eigenvalue weighted by molar-refractivity contribution is 0.114. The molecule has 2 heterocycles. The third kappa shape index (κ3) is 3.83. The van der Waals surface area contributed by atoms with E-state index in [9.17, 15) is 0 Å². The monoisotopic (exact) mass is 307 g/mol. The Bertz CT molecular complexity index is 544. The number of ether oxygens (including phenoxy) is 3. The first-order chi connectivity index (χ1) is 10.3. The van der Waals surface area contributed by atoms with Crippen molar-refractivity contribution in [2.75, 3.05) is 19.9 Å². The van der Waals surface area contributed by atoms with E-state index in [0.717, 1.165) is 36.5 Å². The number of rotatable bonds is 4. The van der Waals surface area contributed by atoms with E-state index < -0.39 is 0 Å². The molecule has 0 aromatic heterocycles. The summed E-state index contributed by atoms with van der Waals surface area (Å²) in [4.78, 5) is 0. The second-order valence-corrected chi connectivity index (χ2v) is 5.24. The van der Waals surface area contributed by atoms with Crippen LogP contribution in [0.1, 0.15) is 18.4 Å². The third-order valence-electron chi connectivity index (χ3n) is 3.29. The summed E-state index contributed by atoms with van der Waals surface area (Å²) < 4.78 is 16.1. The van der Waals surface area contributed by atoms with Crippen molar-refractivity contribution < 1.29 is 14.2 Å². The van der Waals surface area contributed by atoms with Gasteiger partial charge in [0.1, 0.15) is 0 Å². The lowest BCUT2D eigenvalue weighted by Gasteiger charge is -2.11. The van der Waals surface area contributed by atoms with Gasteiger partial charge in [0.05, 0.1) is 12.3 Å². The zero-order chi connectivity index (χ0) is 14.5. The fourth-order valence-electron chi connectivity index (χ4n) is 2.21. The van der Waals surface area contributed by atoms with E-state index in [1.807, 2.05) is 18.2 Å². The number of fused-ring (bicyclic) bond motifs is 1. The smallest absolute Gasteiger partial charge is 0.231 e. The maximum atomic E-state index is 5.51. The summed E-state index contributed by atoms with van der Waals surface area (Å²) in [6.07, 6.45) is 4.13. The number of nitrogens with zero attached hydrogens (tertiary/aromatic N) is 1. The minimum Gasteiger partial charge on any atom is -0.454 e. The van der Waals surface area contributed by atoms with Gasteiger partial charge in [-0.1, -0.05) is 0 Å². The van der Waals surface area contributed by atoms with E-state index in [-0.39, 0.29) is 12.9 Å². The molecule has 0 bridgehead atoms. The van der Waals surface area contributed by atoms with Crippen LogP contribution in [0.3, 0.4) is 0 Å². The molecule has 2 aliphatic rings. The van der Waals surface area contributed by atoms with Crippen molar-refractivity contribution in [2.24, 2.45) is 5.10 Å². The van der Waals surface area contributed by atoms with E-state index in [1.165, 1.54) is 0 Å². The van der Waals surface area contributed by atoms with Crippen LogP contribution >= 0.6 is 12.2 Å². The Kier molecular flexibility index (Phi) is 4.52. The molecule has 0 aliphatic carbocycles.